The van der Waals surface area contributed by atoms with Crippen LogP contribution < -0.4 is 0 Å². The third-order valence-corrected chi connectivity index (χ3v) is 3.04. The molecule has 0 radical (unpaired) electrons. The quantitative estimate of drug-likeness (QED) is 0.604. The summed E-state index contributed by atoms with van der Waals surface area (Å²) in [6.07, 6.45) is 0.878. The molecule has 2 heterocycles. The van der Waals surface area contributed by atoms with Gasteiger partial charge in [0.1, 0.15) is 12.1 Å². The third kappa shape index (κ3) is 2.32. The first kappa shape index (κ1) is 10.9. The van der Waals surface area contributed by atoms with Crippen molar-refractivity contribution in [3.8, 4) is 0 Å². The van der Waals surface area contributed by atoms with Crippen molar-refractivity contribution in [2.75, 3.05) is 19.7 Å². The fraction of sp³-hybridized carbons (Fsp3) is 0.909. The van der Waals surface area contributed by atoms with Gasteiger partial charge in [-0.15, -0.1) is 0 Å². The molecule has 2 saturated heterocycles. The highest BCUT2D eigenvalue weighted by Crippen LogP contribution is 2.25. The zero-order valence-corrected chi connectivity index (χ0v) is 9.66. The van der Waals surface area contributed by atoms with Gasteiger partial charge in [-0.05, 0) is 20.8 Å². The summed E-state index contributed by atoms with van der Waals surface area (Å²) in [5.74, 6) is -0.0693. The van der Waals surface area contributed by atoms with Crippen LogP contribution >= 0.6 is 0 Å². The molecule has 0 aromatic carbocycles. The van der Waals surface area contributed by atoms with Crippen LogP contribution in [-0.2, 0) is 14.3 Å². The van der Waals surface area contributed by atoms with Gasteiger partial charge in [0.25, 0.3) is 0 Å². The van der Waals surface area contributed by atoms with Gasteiger partial charge in [0.05, 0.1) is 12.2 Å². The van der Waals surface area contributed by atoms with Gasteiger partial charge < -0.3 is 9.47 Å². The second-order valence-corrected chi connectivity index (χ2v) is 5.08. The van der Waals surface area contributed by atoms with E-state index in [2.05, 4.69) is 18.7 Å². The van der Waals surface area contributed by atoms with Crippen LogP contribution in [-0.4, -0.2) is 48.3 Å². The Morgan fingerprint density at radius 1 is 1.47 bits per heavy atom. The summed E-state index contributed by atoms with van der Waals surface area (Å²) < 4.78 is 10.8. The SMILES string of the molecule is CC1CC(N2CCOC(C)(C)C2)C(=O)O1. The number of hydrogen-bond acceptors (Lipinski definition) is 4. The van der Waals surface area contributed by atoms with Gasteiger partial charge in [-0.1, -0.05) is 0 Å². The van der Waals surface area contributed by atoms with Crippen LogP contribution in [0.1, 0.15) is 27.2 Å². The van der Waals surface area contributed by atoms with Crippen LogP contribution in [0.15, 0.2) is 0 Å². The Kier molecular flexibility index (Phi) is 2.73. The summed E-state index contributed by atoms with van der Waals surface area (Å²) in [5, 5.41) is 0. The van der Waals surface area contributed by atoms with E-state index < -0.39 is 0 Å². The normalized spacial score (nSPS) is 36.6. The fourth-order valence-corrected chi connectivity index (χ4v) is 2.35. The third-order valence-electron chi connectivity index (χ3n) is 3.04. The van der Waals surface area contributed by atoms with Crippen LogP contribution in [0.5, 0.6) is 0 Å². The Labute approximate surface area is 90.5 Å². The lowest BCUT2D eigenvalue weighted by Crippen LogP contribution is -2.53. The highest BCUT2D eigenvalue weighted by Gasteiger charge is 2.40. The standard InChI is InChI=1S/C11H19NO3/c1-8-6-9(10(13)15-8)12-4-5-14-11(2,3)7-12/h8-9H,4-7H2,1-3H3. The minimum Gasteiger partial charge on any atom is -0.461 e. The van der Waals surface area contributed by atoms with Crippen molar-refractivity contribution >= 4 is 5.97 Å². The van der Waals surface area contributed by atoms with Crippen molar-refractivity contribution in [2.24, 2.45) is 0 Å². The number of esters is 1. The molecular formula is C11H19NO3. The zero-order valence-electron chi connectivity index (χ0n) is 9.66. The van der Waals surface area contributed by atoms with Gasteiger partial charge in [0.15, 0.2) is 0 Å². The van der Waals surface area contributed by atoms with Gasteiger partial charge in [0.2, 0.25) is 0 Å². The van der Waals surface area contributed by atoms with Crippen LogP contribution in [0.3, 0.4) is 0 Å². The van der Waals surface area contributed by atoms with Crippen LogP contribution in [0, 0.1) is 0 Å². The van der Waals surface area contributed by atoms with Crippen molar-refractivity contribution in [2.45, 2.75) is 44.9 Å². The zero-order chi connectivity index (χ0) is 11.1. The van der Waals surface area contributed by atoms with Crippen molar-refractivity contribution in [3.63, 3.8) is 0 Å². The molecule has 2 unspecified atom stereocenters. The second kappa shape index (κ2) is 3.76. The maximum atomic E-state index is 11.6. The van der Waals surface area contributed by atoms with E-state index in [1.807, 2.05) is 6.92 Å². The maximum absolute atomic E-state index is 11.6. The number of carbonyl (C=O) groups excluding carboxylic acids is 1. The monoisotopic (exact) mass is 213 g/mol. The van der Waals surface area contributed by atoms with Gasteiger partial charge in [0, 0.05) is 19.5 Å². The van der Waals surface area contributed by atoms with Crippen molar-refractivity contribution in [1.29, 1.82) is 0 Å². The minimum atomic E-state index is -0.148. The van der Waals surface area contributed by atoms with E-state index in [0.717, 1.165) is 19.5 Å². The molecule has 86 valence electrons. The highest BCUT2D eigenvalue weighted by molar-refractivity contribution is 5.78. The topological polar surface area (TPSA) is 38.8 Å². The number of ether oxygens (including phenoxy) is 2. The van der Waals surface area contributed by atoms with Gasteiger partial charge in [-0.25, -0.2) is 0 Å². The highest BCUT2D eigenvalue weighted by atomic mass is 16.6. The van der Waals surface area contributed by atoms with Crippen LogP contribution in [0.25, 0.3) is 0 Å². The molecule has 2 atom stereocenters. The number of hydrogen-bond donors (Lipinski definition) is 0. The first-order chi connectivity index (χ1) is 6.98. The molecule has 0 saturated carbocycles. The molecule has 0 aromatic heterocycles. The molecule has 4 heteroatoms. The number of nitrogens with zero attached hydrogens (tertiary/aromatic N) is 1. The lowest BCUT2D eigenvalue weighted by molar-refractivity contribution is -0.149. The number of rotatable bonds is 1. The van der Waals surface area contributed by atoms with Crippen molar-refractivity contribution in [3.05, 3.63) is 0 Å². The molecule has 0 bridgehead atoms. The number of carbonyl (C=O) groups is 1. The van der Waals surface area contributed by atoms with E-state index in [0.29, 0.717) is 6.61 Å². The Balaban J connectivity index is 2.01. The van der Waals surface area contributed by atoms with E-state index in [1.54, 1.807) is 0 Å². The van der Waals surface area contributed by atoms with Crippen LogP contribution in [0.2, 0.25) is 0 Å². The molecule has 4 nitrogen and oxygen atoms in total. The molecule has 2 fully saturated rings. The van der Waals surface area contributed by atoms with E-state index in [9.17, 15) is 4.79 Å². The summed E-state index contributed by atoms with van der Waals surface area (Å²) in [7, 11) is 0. The van der Waals surface area contributed by atoms with Gasteiger partial charge in [-0.2, -0.15) is 0 Å². The predicted octanol–water partition coefficient (Wildman–Crippen LogP) is 0.801. The van der Waals surface area contributed by atoms with Gasteiger partial charge in [-0.3, -0.25) is 9.69 Å². The molecular weight excluding hydrogens is 194 g/mol. The van der Waals surface area contributed by atoms with E-state index >= 15 is 0 Å². The van der Waals surface area contributed by atoms with E-state index in [-0.39, 0.29) is 23.7 Å². The molecule has 0 N–H and O–H groups in total. The minimum absolute atomic E-state index is 0.0526. The summed E-state index contributed by atoms with van der Waals surface area (Å²) >= 11 is 0. The second-order valence-electron chi connectivity index (χ2n) is 5.08. The van der Waals surface area contributed by atoms with Gasteiger partial charge >= 0.3 is 5.97 Å². The average molecular weight is 213 g/mol. The Morgan fingerprint density at radius 2 is 2.20 bits per heavy atom. The first-order valence-corrected chi connectivity index (χ1v) is 5.56. The molecule has 15 heavy (non-hydrogen) atoms. The Hall–Kier alpha value is -0.610. The lowest BCUT2D eigenvalue weighted by Gasteiger charge is -2.39. The summed E-state index contributed by atoms with van der Waals surface area (Å²) in [6.45, 7) is 8.40. The molecule has 2 aliphatic heterocycles. The smallest absolute Gasteiger partial charge is 0.323 e. The molecule has 0 aliphatic carbocycles. The van der Waals surface area contributed by atoms with Crippen LogP contribution in [0.4, 0.5) is 0 Å². The largest absolute Gasteiger partial charge is 0.461 e. The van der Waals surface area contributed by atoms with E-state index in [4.69, 9.17) is 9.47 Å². The maximum Gasteiger partial charge on any atom is 0.323 e. The predicted molar refractivity (Wildman–Crippen MR) is 55.6 cm³/mol. The molecule has 0 aromatic rings. The molecule has 0 amide bonds. The Bertz CT molecular complexity index is 265. The molecule has 0 spiro atoms. The molecule has 2 aliphatic rings. The van der Waals surface area contributed by atoms with Crippen molar-refractivity contribution in [1.82, 2.24) is 4.90 Å². The first-order valence-electron chi connectivity index (χ1n) is 5.56. The Morgan fingerprint density at radius 3 is 2.73 bits per heavy atom. The number of morpholine rings is 1. The summed E-state index contributed by atoms with van der Waals surface area (Å²) in [4.78, 5) is 13.8. The number of cyclic esters (lactones) is 1. The summed E-state index contributed by atoms with van der Waals surface area (Å²) in [6, 6.07) is -0.0526. The lowest BCUT2D eigenvalue weighted by atomic mass is 10.0. The average Bonchev–Trinajstić information content (AvgIpc) is 2.43. The fourth-order valence-electron chi connectivity index (χ4n) is 2.35. The summed E-state index contributed by atoms with van der Waals surface area (Å²) in [5.41, 5.74) is -0.148. The van der Waals surface area contributed by atoms with E-state index in [1.165, 1.54) is 0 Å². The molecule has 2 rings (SSSR count). The van der Waals surface area contributed by atoms with Crippen molar-refractivity contribution < 1.29 is 14.3 Å².